The second-order valence-corrected chi connectivity index (χ2v) is 7.60. The highest BCUT2D eigenvalue weighted by molar-refractivity contribution is 7.97. The molecule has 0 radical (unpaired) electrons. The maximum Gasteiger partial charge on any atom is 0.271 e. The zero-order valence-electron chi connectivity index (χ0n) is 17.6. The average molecular weight is 479 g/mol. The third-order valence-corrected chi connectivity index (χ3v) is 5.22. The molecule has 0 atom stereocenters. The summed E-state index contributed by atoms with van der Waals surface area (Å²) in [5.41, 5.74) is 1.90. The van der Waals surface area contributed by atoms with E-state index in [9.17, 15) is 4.79 Å². The van der Waals surface area contributed by atoms with Gasteiger partial charge >= 0.3 is 0 Å². The summed E-state index contributed by atoms with van der Waals surface area (Å²) in [6.45, 7) is 2.73. The summed E-state index contributed by atoms with van der Waals surface area (Å²) in [7, 11) is 1.59. The molecule has 0 aromatic heterocycles. The lowest BCUT2D eigenvalue weighted by atomic mass is 10.1. The van der Waals surface area contributed by atoms with Crippen molar-refractivity contribution in [1.82, 2.24) is 5.32 Å². The van der Waals surface area contributed by atoms with Crippen LogP contribution in [0.3, 0.4) is 0 Å². The van der Waals surface area contributed by atoms with Crippen LogP contribution in [0, 0.1) is 11.8 Å². The number of hydrogen-bond donors (Lipinski definition) is 1. The van der Waals surface area contributed by atoms with E-state index in [0.29, 0.717) is 52.4 Å². The zero-order valence-corrected chi connectivity index (χ0v) is 20.0. The van der Waals surface area contributed by atoms with E-state index in [1.807, 2.05) is 25.1 Å². The van der Waals surface area contributed by atoms with Crippen LogP contribution < -0.4 is 14.8 Å². The first-order chi connectivity index (χ1) is 15.0. The molecule has 5 nitrogen and oxygen atoms in total. The molecule has 2 aromatic carbocycles. The molecular formula is C23H24Cl2N2O3S. The number of carbonyl (C=O) groups is 1. The largest absolute Gasteiger partial charge is 0.493 e. The van der Waals surface area contributed by atoms with Crippen molar-refractivity contribution in [3.05, 3.63) is 57.6 Å². The Hall–Kier alpha value is -2.33. The van der Waals surface area contributed by atoms with E-state index in [2.05, 4.69) is 21.6 Å². The van der Waals surface area contributed by atoms with Crippen LogP contribution in [0.15, 0.2) is 40.8 Å². The van der Waals surface area contributed by atoms with Gasteiger partial charge in [0.15, 0.2) is 11.5 Å². The van der Waals surface area contributed by atoms with Crippen LogP contribution in [-0.2, 0) is 11.2 Å². The fourth-order valence-corrected chi connectivity index (χ4v) is 3.31. The minimum atomic E-state index is -0.283. The molecule has 0 bridgehead atoms. The first-order valence-electron chi connectivity index (χ1n) is 9.60. The predicted molar refractivity (Wildman–Crippen MR) is 130 cm³/mol. The summed E-state index contributed by atoms with van der Waals surface area (Å²) < 4.78 is 15.3. The van der Waals surface area contributed by atoms with Gasteiger partial charge in [-0.1, -0.05) is 48.2 Å². The molecule has 0 fully saturated rings. The van der Waals surface area contributed by atoms with E-state index < -0.39 is 0 Å². The Bertz CT molecular complexity index is 1000. The number of carbonyl (C=O) groups excluding carboxylic acids is 1. The zero-order chi connectivity index (χ0) is 22.6. The van der Waals surface area contributed by atoms with Gasteiger partial charge in [0.2, 0.25) is 0 Å². The normalized spacial score (nSPS) is 10.8. The average Bonchev–Trinajstić information content (AvgIpc) is 2.77. The van der Waals surface area contributed by atoms with Gasteiger partial charge in [-0.25, -0.2) is 4.40 Å². The van der Waals surface area contributed by atoms with Crippen molar-refractivity contribution in [2.24, 2.45) is 4.40 Å². The molecule has 0 saturated carbocycles. The number of ether oxygens (including phenoxy) is 2. The Balaban J connectivity index is 2.00. The fourth-order valence-electron chi connectivity index (χ4n) is 2.64. The molecule has 2 rings (SSSR count). The van der Waals surface area contributed by atoms with E-state index in [1.54, 1.807) is 31.6 Å². The number of benzene rings is 2. The van der Waals surface area contributed by atoms with Gasteiger partial charge in [0.25, 0.3) is 5.91 Å². The lowest BCUT2D eigenvalue weighted by Gasteiger charge is -2.12. The van der Waals surface area contributed by atoms with Crippen molar-refractivity contribution in [3.63, 3.8) is 0 Å². The third-order valence-electron chi connectivity index (χ3n) is 4.12. The Morgan fingerprint density at radius 2 is 1.94 bits per heavy atom. The SMILES string of the molecule is CCC#CCOc1ccc(CCNC(=O)/C(=N/SC)c2ccc(Cl)c(Cl)c2)cc1OC. The van der Waals surface area contributed by atoms with E-state index >= 15 is 0 Å². The highest BCUT2D eigenvalue weighted by Crippen LogP contribution is 2.28. The Morgan fingerprint density at radius 1 is 1.13 bits per heavy atom. The van der Waals surface area contributed by atoms with Crippen molar-refractivity contribution in [2.45, 2.75) is 19.8 Å². The molecule has 2 aromatic rings. The molecular weight excluding hydrogens is 455 g/mol. The van der Waals surface area contributed by atoms with Gasteiger partial charge in [0, 0.05) is 24.8 Å². The minimum Gasteiger partial charge on any atom is -0.493 e. The highest BCUT2D eigenvalue weighted by Gasteiger charge is 2.15. The molecule has 0 unspecified atom stereocenters. The number of hydrogen-bond acceptors (Lipinski definition) is 5. The maximum absolute atomic E-state index is 12.7. The van der Waals surface area contributed by atoms with Crippen LogP contribution in [0.1, 0.15) is 24.5 Å². The van der Waals surface area contributed by atoms with E-state index in [0.717, 1.165) is 12.0 Å². The summed E-state index contributed by atoms with van der Waals surface area (Å²) in [5.74, 6) is 6.87. The van der Waals surface area contributed by atoms with Gasteiger partial charge in [-0.2, -0.15) is 0 Å². The molecule has 164 valence electrons. The Morgan fingerprint density at radius 3 is 2.61 bits per heavy atom. The predicted octanol–water partition coefficient (Wildman–Crippen LogP) is 5.22. The van der Waals surface area contributed by atoms with Gasteiger partial charge < -0.3 is 14.8 Å². The molecule has 0 aliphatic heterocycles. The van der Waals surface area contributed by atoms with Crippen molar-refractivity contribution < 1.29 is 14.3 Å². The molecule has 0 saturated heterocycles. The molecule has 1 amide bonds. The number of nitrogens with one attached hydrogen (secondary N) is 1. The minimum absolute atomic E-state index is 0.283. The topological polar surface area (TPSA) is 59.9 Å². The monoisotopic (exact) mass is 478 g/mol. The van der Waals surface area contributed by atoms with Gasteiger partial charge in [0.05, 0.1) is 17.2 Å². The standard InChI is InChI=1S/C23H24Cl2N2O3S/c1-4-5-6-13-30-20-10-7-16(14-21(20)29-2)11-12-26-23(28)22(27-31-3)17-8-9-18(24)19(25)15-17/h7-10,14-15H,4,11-13H2,1-3H3,(H,26,28)/b27-22+. The fraction of sp³-hybridized carbons (Fsp3) is 0.304. The van der Waals surface area contributed by atoms with Crippen LogP contribution in [0.25, 0.3) is 0 Å². The summed E-state index contributed by atoms with van der Waals surface area (Å²) in [5, 5.41) is 3.69. The summed E-state index contributed by atoms with van der Waals surface area (Å²) in [4.78, 5) is 12.7. The first-order valence-corrected chi connectivity index (χ1v) is 11.5. The Kier molecular flexibility index (Phi) is 10.6. The van der Waals surface area contributed by atoms with Gasteiger partial charge in [-0.05, 0) is 48.2 Å². The summed E-state index contributed by atoms with van der Waals surface area (Å²) in [6, 6.07) is 10.7. The second kappa shape index (κ2) is 13.2. The van der Waals surface area contributed by atoms with Gasteiger partial charge in [0.1, 0.15) is 12.3 Å². The molecule has 0 heterocycles. The van der Waals surface area contributed by atoms with Crippen molar-refractivity contribution in [1.29, 1.82) is 0 Å². The van der Waals surface area contributed by atoms with E-state index in [1.165, 1.54) is 11.9 Å². The lowest BCUT2D eigenvalue weighted by Crippen LogP contribution is -2.33. The number of amides is 1. The van der Waals surface area contributed by atoms with Crippen molar-refractivity contribution >= 4 is 46.8 Å². The van der Waals surface area contributed by atoms with Crippen molar-refractivity contribution in [3.8, 4) is 23.3 Å². The Labute approximate surface area is 197 Å². The second-order valence-electron chi connectivity index (χ2n) is 6.24. The summed E-state index contributed by atoms with van der Waals surface area (Å²) in [6.07, 6.45) is 3.19. The third kappa shape index (κ3) is 7.70. The quantitative estimate of drug-likeness (QED) is 0.304. The van der Waals surface area contributed by atoms with Crippen LogP contribution in [0.5, 0.6) is 11.5 Å². The van der Waals surface area contributed by atoms with E-state index in [4.69, 9.17) is 32.7 Å². The van der Waals surface area contributed by atoms with E-state index in [-0.39, 0.29) is 5.91 Å². The molecule has 1 N–H and O–H groups in total. The van der Waals surface area contributed by atoms with Crippen LogP contribution >= 0.6 is 35.1 Å². The van der Waals surface area contributed by atoms with Crippen molar-refractivity contribution in [2.75, 3.05) is 26.5 Å². The molecule has 8 heteroatoms. The van der Waals surface area contributed by atoms with Gasteiger partial charge in [-0.15, -0.1) is 5.92 Å². The smallest absolute Gasteiger partial charge is 0.271 e. The summed E-state index contributed by atoms with van der Waals surface area (Å²) >= 11 is 13.2. The van der Waals surface area contributed by atoms with Crippen LogP contribution in [0.2, 0.25) is 10.0 Å². The first kappa shape index (κ1) is 24.9. The number of rotatable bonds is 9. The molecule has 0 aliphatic rings. The van der Waals surface area contributed by atoms with Gasteiger partial charge in [-0.3, -0.25) is 4.79 Å². The number of methoxy groups -OCH3 is 1. The molecule has 0 spiro atoms. The number of nitrogens with zero attached hydrogens (tertiary/aromatic N) is 1. The number of halogens is 2. The molecule has 0 aliphatic carbocycles. The highest BCUT2D eigenvalue weighted by atomic mass is 35.5. The lowest BCUT2D eigenvalue weighted by molar-refractivity contribution is -0.114. The molecule has 31 heavy (non-hydrogen) atoms. The van der Waals surface area contributed by atoms with Crippen LogP contribution in [0.4, 0.5) is 0 Å². The maximum atomic E-state index is 12.7. The van der Waals surface area contributed by atoms with Crippen LogP contribution in [-0.4, -0.2) is 38.1 Å².